The van der Waals surface area contributed by atoms with Crippen molar-refractivity contribution in [3.63, 3.8) is 0 Å². The molecule has 0 bridgehead atoms. The molecular weight excluding hydrogens is 230 g/mol. The van der Waals surface area contributed by atoms with Crippen LogP contribution in [-0.2, 0) is 4.57 Å². The smallest absolute Gasteiger partial charge is 1.00 e. The van der Waals surface area contributed by atoms with Crippen LogP contribution in [-0.4, -0.2) is 85.3 Å². The van der Waals surface area contributed by atoms with E-state index in [4.69, 9.17) is 14.4 Å². The molecule has 0 aliphatic heterocycles. The van der Waals surface area contributed by atoms with Gasteiger partial charge in [0.05, 0.1) is 0 Å². The first-order chi connectivity index (χ1) is 2.00. The van der Waals surface area contributed by atoms with Crippen molar-refractivity contribution in [2.45, 2.75) is 0 Å². The molecule has 0 aromatic heterocycles. The Bertz CT molecular complexity index is 72.4. The molecule has 0 spiro atoms. The summed E-state index contributed by atoms with van der Waals surface area (Å²) in [6, 6.07) is 0. The second-order valence-electron chi connectivity index (χ2n) is 0.473. The maximum atomic E-state index is 9.09. The number of rotatable bonds is 0. The van der Waals surface area contributed by atoms with Gasteiger partial charge in [-0.2, -0.15) is 0 Å². The number of hydrogen-bond acceptors (Lipinski definition) is 1. The van der Waals surface area contributed by atoms with Crippen molar-refractivity contribution >= 4 is 106 Å². The molecule has 0 radical (unpaired) electrons. The van der Waals surface area contributed by atoms with Crippen molar-refractivity contribution in [2.24, 2.45) is 0 Å². The second kappa shape index (κ2) is 10.2. The van der Waals surface area contributed by atoms with Crippen LogP contribution in [0.4, 0.5) is 0 Å². The Kier molecular flexibility index (Phi) is 28.8. The van der Waals surface area contributed by atoms with Crippen molar-refractivity contribution in [1.29, 1.82) is 0 Å². The first kappa shape index (κ1) is 22.5. The minimum absolute atomic E-state index is 0. The van der Waals surface area contributed by atoms with Gasteiger partial charge in [0.15, 0.2) is 0 Å². The Balaban J connectivity index is -0.00000000381. The zero-order valence-corrected chi connectivity index (χ0v) is 10.8. The Hall–Kier alpha value is 3.25. The van der Waals surface area contributed by atoms with Crippen LogP contribution in [0.25, 0.3) is 0 Å². The third-order valence-electron chi connectivity index (χ3n) is 0. The molecule has 0 atom stereocenters. The monoisotopic (exact) mass is 236 g/mol. The number of halogens is 2. The van der Waals surface area contributed by atoms with Gasteiger partial charge >= 0.3 is 82.4 Å². The molecule has 0 fully saturated rings. The molecule has 0 aromatic carbocycles. The van der Waals surface area contributed by atoms with Crippen LogP contribution >= 0.6 is 30.6 Å². The van der Waals surface area contributed by atoms with E-state index in [2.05, 4.69) is 11.2 Å². The van der Waals surface area contributed by atoms with Crippen molar-refractivity contribution in [3.8, 4) is 0 Å². The molecule has 0 unspecified atom stereocenters. The summed E-state index contributed by atoms with van der Waals surface area (Å²) in [5.74, 6) is 0. The van der Waals surface area contributed by atoms with Gasteiger partial charge in [0.1, 0.15) is 0 Å². The Morgan fingerprint density at radius 1 is 1.38 bits per heavy atom. The van der Waals surface area contributed by atoms with Gasteiger partial charge in [-0.3, -0.25) is 0 Å². The predicted molar refractivity (Wildman–Crippen MR) is 41.1 cm³/mol. The van der Waals surface area contributed by atoms with Gasteiger partial charge in [0, 0.05) is 11.2 Å². The van der Waals surface area contributed by atoms with E-state index >= 15 is 0 Å². The van der Waals surface area contributed by atoms with E-state index in [0.717, 1.165) is 0 Å². The predicted octanol–water partition coefficient (Wildman–Crippen LogP) is 0.428. The van der Waals surface area contributed by atoms with E-state index in [-0.39, 0.29) is 93.6 Å². The van der Waals surface area contributed by atoms with E-state index in [1.165, 1.54) is 0 Å². The summed E-state index contributed by atoms with van der Waals surface area (Å²) < 4.78 is 9.09. The molecule has 0 saturated carbocycles. The minimum atomic E-state index is -4.17. The summed E-state index contributed by atoms with van der Waals surface area (Å²) in [4.78, 5) is 14.8. The van der Waals surface area contributed by atoms with Crippen LogP contribution in [0.5, 0.6) is 0 Å². The SMILES string of the molecule is Cl.O=P(O)(O)Cl.[Ca+2].[Ca+2].[H-].[H-].[H-].[H-]. The molecule has 0 aliphatic rings. The van der Waals surface area contributed by atoms with Crippen LogP contribution in [0.2, 0.25) is 0 Å². The zero-order chi connectivity index (χ0) is 4.50. The Labute approximate surface area is 124 Å². The molecule has 0 rings (SSSR count). The Morgan fingerprint density at radius 3 is 1.38 bits per heavy atom. The van der Waals surface area contributed by atoms with Gasteiger partial charge in [-0.15, -0.1) is 12.4 Å². The van der Waals surface area contributed by atoms with Gasteiger partial charge in [-0.1, -0.05) is 0 Å². The fraction of sp³-hybridized carbons (Fsp3) is 0. The second-order valence-corrected chi connectivity index (χ2v) is 2.74. The molecule has 0 amide bonds. The van der Waals surface area contributed by atoms with Crippen LogP contribution in [0.15, 0.2) is 0 Å². The fourth-order valence-electron chi connectivity index (χ4n) is 0. The molecule has 8 heavy (non-hydrogen) atoms. The average molecular weight is 237 g/mol. The van der Waals surface area contributed by atoms with Crippen LogP contribution in [0, 0.1) is 0 Å². The maximum Gasteiger partial charge on any atom is 2.00 e. The first-order valence-electron chi connectivity index (χ1n) is 0.752. The van der Waals surface area contributed by atoms with E-state index in [1.807, 2.05) is 0 Å². The van der Waals surface area contributed by atoms with Crippen molar-refractivity contribution < 1.29 is 20.1 Å². The third kappa shape index (κ3) is 59.6. The van der Waals surface area contributed by atoms with Gasteiger partial charge in [0.2, 0.25) is 0 Å². The zero-order valence-electron chi connectivity index (χ0n) is 7.95. The minimum Gasteiger partial charge on any atom is -1.00 e. The first-order valence-corrected chi connectivity index (χ1v) is 3.27. The Morgan fingerprint density at radius 2 is 1.38 bits per heavy atom. The van der Waals surface area contributed by atoms with Crippen LogP contribution < -0.4 is 0 Å². The summed E-state index contributed by atoms with van der Waals surface area (Å²) in [6.45, 7) is -4.17. The van der Waals surface area contributed by atoms with Gasteiger partial charge < -0.3 is 15.5 Å². The molecule has 0 heterocycles. The normalized spacial score (nSPS) is 7.38. The van der Waals surface area contributed by atoms with E-state index in [1.54, 1.807) is 0 Å². The quantitative estimate of drug-likeness (QED) is 0.474. The van der Waals surface area contributed by atoms with Gasteiger partial charge in [0.25, 0.3) is 0 Å². The summed E-state index contributed by atoms with van der Waals surface area (Å²) in [7, 11) is 0. The van der Waals surface area contributed by atoms with Crippen molar-refractivity contribution in [1.82, 2.24) is 0 Å². The summed E-state index contributed by atoms with van der Waals surface area (Å²) in [5.41, 5.74) is 0. The standard InChI is InChI=1S/2Ca.ClH2O3P.ClH.4H/c;;1-5(2,3)4;;;;;/h;;(H2,2,3,4);1H;;;;/q2*+2;;;4*-1. The molecule has 48 valence electrons. The van der Waals surface area contributed by atoms with Crippen molar-refractivity contribution in [2.75, 3.05) is 0 Å². The third-order valence-corrected chi connectivity index (χ3v) is 0. The van der Waals surface area contributed by atoms with E-state index in [0.29, 0.717) is 0 Å². The molecule has 8 heteroatoms. The summed E-state index contributed by atoms with van der Waals surface area (Å²) in [6.07, 6.45) is 0. The molecule has 0 aromatic rings. The summed E-state index contributed by atoms with van der Waals surface area (Å²) >= 11 is 4.20. The van der Waals surface area contributed by atoms with Crippen LogP contribution in [0.3, 0.4) is 0 Å². The molecule has 3 nitrogen and oxygen atoms in total. The van der Waals surface area contributed by atoms with Crippen molar-refractivity contribution in [3.05, 3.63) is 0 Å². The average Bonchev–Trinajstić information content (AvgIpc) is 0.722. The maximum absolute atomic E-state index is 9.09. The van der Waals surface area contributed by atoms with Crippen LogP contribution in [0.1, 0.15) is 5.71 Å². The topological polar surface area (TPSA) is 57.5 Å². The van der Waals surface area contributed by atoms with Gasteiger partial charge in [-0.25, -0.2) is 4.57 Å². The number of hydrogen-bond donors (Lipinski definition) is 2. The molecule has 0 aliphatic carbocycles. The molecule has 0 saturated heterocycles. The van der Waals surface area contributed by atoms with Gasteiger partial charge in [-0.05, 0) is 0 Å². The largest absolute Gasteiger partial charge is 2.00 e. The summed E-state index contributed by atoms with van der Waals surface area (Å²) in [5, 5.41) is 0. The fourth-order valence-corrected chi connectivity index (χ4v) is 0. The molecular formula is H7Ca2Cl2O3P. The molecule has 2 N–H and O–H groups in total. The van der Waals surface area contributed by atoms with E-state index < -0.39 is 6.95 Å². The van der Waals surface area contributed by atoms with E-state index in [9.17, 15) is 0 Å².